The van der Waals surface area contributed by atoms with Gasteiger partial charge in [0.15, 0.2) is 15.7 Å². The Balaban J connectivity index is 0.00000200. The summed E-state index contributed by atoms with van der Waals surface area (Å²) < 4.78 is 28.3. The Bertz CT molecular complexity index is 719. The van der Waals surface area contributed by atoms with Crippen molar-refractivity contribution in [1.82, 2.24) is 10.1 Å². The molecule has 0 unspecified atom stereocenters. The molecule has 0 bridgehead atoms. The third kappa shape index (κ3) is 4.35. The van der Waals surface area contributed by atoms with Crippen LogP contribution >= 0.6 is 11.6 Å². The molecule has 2 rings (SSSR count). The first-order valence-electron chi connectivity index (χ1n) is 4.93. The third-order valence-electron chi connectivity index (χ3n) is 2.14. The largest absolute Gasteiger partial charge is 1.00 e. The molecule has 0 saturated heterocycles. The average molecular weight is 343 g/mol. The first-order valence-corrected chi connectivity index (χ1v) is 6.96. The molecular weight excluding hydrogens is 335 g/mol. The normalized spacial score (nSPS) is 10.8. The molecule has 102 valence electrons. The van der Waals surface area contributed by atoms with E-state index >= 15 is 0 Å². The van der Waals surface area contributed by atoms with E-state index in [4.69, 9.17) is 16.7 Å². The number of benzene rings is 1. The smallest absolute Gasteiger partial charge is 1.00 e. The average Bonchev–Trinajstić information content (AvgIpc) is 2.77. The Morgan fingerprint density at radius 2 is 1.95 bits per heavy atom. The van der Waals surface area contributed by atoms with Gasteiger partial charge in [0.1, 0.15) is 5.75 Å². The number of sulfone groups is 1. The zero-order chi connectivity index (χ0) is 14.0. The van der Waals surface area contributed by atoms with E-state index in [2.05, 4.69) is 14.7 Å². The second kappa shape index (κ2) is 7.12. The summed E-state index contributed by atoms with van der Waals surface area (Å²) in [6.07, 6.45) is 0. The zero-order valence-corrected chi connectivity index (χ0v) is 15.0. The van der Waals surface area contributed by atoms with Gasteiger partial charge in [0.2, 0.25) is 0 Å². The Morgan fingerprint density at radius 1 is 1.35 bits per heavy atom. The van der Waals surface area contributed by atoms with Crippen molar-refractivity contribution >= 4 is 27.4 Å². The molecule has 1 N–H and O–H groups in total. The van der Waals surface area contributed by atoms with E-state index in [1.54, 1.807) is 0 Å². The number of aromatic carboxylic acids is 1. The number of nitrogens with zero attached hydrogens (tertiary/aromatic N) is 2. The molecule has 0 saturated carbocycles. The number of carbonyl (C=O) groups is 1. The predicted molar refractivity (Wildman–Crippen MR) is 64.7 cm³/mol. The van der Waals surface area contributed by atoms with Crippen molar-refractivity contribution in [3.8, 4) is 0 Å². The zero-order valence-electron chi connectivity index (χ0n) is 11.3. The molecule has 0 atom stereocenters. The van der Waals surface area contributed by atoms with Crippen molar-refractivity contribution in [1.29, 1.82) is 0 Å². The summed E-state index contributed by atoms with van der Waals surface area (Å²) in [5.74, 6) is -2.83. The van der Waals surface area contributed by atoms with Gasteiger partial charge in [-0.1, -0.05) is 16.8 Å². The topological polar surface area (TPSA) is 110 Å². The van der Waals surface area contributed by atoms with E-state index in [1.807, 2.05) is 0 Å². The summed E-state index contributed by atoms with van der Waals surface area (Å²) in [5, 5.41) is 12.3. The summed E-state index contributed by atoms with van der Waals surface area (Å²) >= 11 is 5.66. The van der Waals surface area contributed by atoms with Gasteiger partial charge >= 0.3 is 63.2 Å². The number of carboxylic acids is 1. The van der Waals surface area contributed by atoms with Gasteiger partial charge in [-0.05, 0) is 24.3 Å². The quantitative estimate of drug-likeness (QED) is 0.674. The van der Waals surface area contributed by atoms with Gasteiger partial charge in [-0.2, -0.15) is 4.98 Å². The van der Waals surface area contributed by atoms with Crippen molar-refractivity contribution in [2.24, 2.45) is 0 Å². The molecule has 10 heteroatoms. The predicted octanol–water partition coefficient (Wildman–Crippen LogP) is -1.49. The van der Waals surface area contributed by atoms with Crippen LogP contribution in [0.5, 0.6) is 0 Å². The fraction of sp³-hybridized carbons (Fsp3) is 0.100. The van der Waals surface area contributed by atoms with Gasteiger partial charge in [0.25, 0.3) is 0 Å². The van der Waals surface area contributed by atoms with Crippen molar-refractivity contribution in [2.75, 3.05) is 0 Å². The van der Waals surface area contributed by atoms with Crippen LogP contribution in [0.25, 0.3) is 0 Å². The summed E-state index contributed by atoms with van der Waals surface area (Å²) in [4.78, 5) is 14.0. The summed E-state index contributed by atoms with van der Waals surface area (Å²) in [7, 11) is -3.68. The van der Waals surface area contributed by atoms with Crippen LogP contribution in [0.1, 0.15) is 17.9 Å². The molecular formula is C10H8ClKN2O5S. The Kier molecular flexibility index (Phi) is 6.32. The molecule has 0 fully saturated rings. The van der Waals surface area contributed by atoms with Gasteiger partial charge in [-0.15, -0.1) is 0 Å². The Labute approximate surface area is 163 Å². The number of carboxylic acid groups (broad SMARTS) is 1. The monoisotopic (exact) mass is 342 g/mol. The number of aromatic nitrogens is 2. The SMILES string of the molecule is O=C(O)c1nc(CS(=O)(=O)c2ccc(Cl)cc2)no1.[H-].[K+]. The molecule has 1 aromatic carbocycles. The standard InChI is InChI=1S/C10H7ClN2O5S.K.H/c11-6-1-3-7(4-2-6)19(16,17)5-8-12-9(10(14)15)18-13-8;;/h1-4H,5H2,(H,14,15);;/q;+1;-1. The number of rotatable bonds is 4. The van der Waals surface area contributed by atoms with Crippen LogP contribution in [0.15, 0.2) is 33.7 Å². The van der Waals surface area contributed by atoms with E-state index in [0.717, 1.165) is 0 Å². The van der Waals surface area contributed by atoms with E-state index < -0.39 is 27.5 Å². The third-order valence-corrected chi connectivity index (χ3v) is 4.02. The molecule has 0 aliphatic rings. The van der Waals surface area contributed by atoms with E-state index in [1.165, 1.54) is 24.3 Å². The van der Waals surface area contributed by atoms with Crippen LogP contribution in [-0.2, 0) is 15.6 Å². The van der Waals surface area contributed by atoms with Crippen LogP contribution in [-0.4, -0.2) is 29.6 Å². The maximum Gasteiger partial charge on any atom is 1.00 e. The Hall–Kier alpha value is -0.294. The molecule has 0 amide bonds. The minimum absolute atomic E-state index is 0. The number of hydrogen-bond donors (Lipinski definition) is 1. The molecule has 20 heavy (non-hydrogen) atoms. The van der Waals surface area contributed by atoms with Crippen LogP contribution in [0, 0.1) is 0 Å². The minimum Gasteiger partial charge on any atom is -1.00 e. The summed E-state index contributed by atoms with van der Waals surface area (Å²) in [6.45, 7) is 0. The Morgan fingerprint density at radius 3 is 2.45 bits per heavy atom. The van der Waals surface area contributed by atoms with Crippen molar-refractivity contribution in [3.05, 3.63) is 41.0 Å². The van der Waals surface area contributed by atoms with E-state index in [9.17, 15) is 13.2 Å². The molecule has 0 radical (unpaired) electrons. The number of hydrogen-bond acceptors (Lipinski definition) is 6. The minimum atomic E-state index is -3.68. The summed E-state index contributed by atoms with van der Waals surface area (Å²) in [5.41, 5.74) is 0. The van der Waals surface area contributed by atoms with E-state index in [0.29, 0.717) is 5.02 Å². The molecule has 0 spiro atoms. The molecule has 1 aromatic heterocycles. The second-order valence-electron chi connectivity index (χ2n) is 3.53. The second-order valence-corrected chi connectivity index (χ2v) is 5.96. The van der Waals surface area contributed by atoms with Gasteiger partial charge < -0.3 is 11.1 Å². The maximum atomic E-state index is 12.0. The molecule has 7 nitrogen and oxygen atoms in total. The summed E-state index contributed by atoms with van der Waals surface area (Å²) in [6, 6.07) is 5.56. The van der Waals surface area contributed by atoms with Gasteiger partial charge in [-0.25, -0.2) is 13.2 Å². The molecule has 0 aliphatic carbocycles. The van der Waals surface area contributed by atoms with Gasteiger partial charge in [0, 0.05) is 5.02 Å². The maximum absolute atomic E-state index is 12.0. The van der Waals surface area contributed by atoms with Crippen molar-refractivity contribution < 1.29 is 75.7 Å². The van der Waals surface area contributed by atoms with Crippen LogP contribution in [0.4, 0.5) is 0 Å². The fourth-order valence-electron chi connectivity index (χ4n) is 1.29. The first kappa shape index (κ1) is 17.8. The van der Waals surface area contributed by atoms with Gasteiger partial charge in [0.05, 0.1) is 4.90 Å². The van der Waals surface area contributed by atoms with Gasteiger partial charge in [-0.3, -0.25) is 0 Å². The molecule has 2 aromatic rings. The van der Waals surface area contributed by atoms with Crippen LogP contribution in [0.3, 0.4) is 0 Å². The molecule has 1 heterocycles. The van der Waals surface area contributed by atoms with Crippen LogP contribution in [0.2, 0.25) is 5.02 Å². The van der Waals surface area contributed by atoms with Crippen LogP contribution < -0.4 is 51.4 Å². The van der Waals surface area contributed by atoms with Crippen molar-refractivity contribution in [2.45, 2.75) is 10.6 Å². The number of halogens is 1. The van der Waals surface area contributed by atoms with E-state index in [-0.39, 0.29) is 63.5 Å². The molecule has 0 aliphatic heterocycles. The first-order chi connectivity index (χ1) is 8.88. The fourth-order valence-corrected chi connectivity index (χ4v) is 2.60. The van der Waals surface area contributed by atoms with Crippen molar-refractivity contribution in [3.63, 3.8) is 0 Å².